The molecule has 0 radical (unpaired) electrons. The van der Waals surface area contributed by atoms with Gasteiger partial charge in [0.05, 0.1) is 31.0 Å². The molecular formula is C29H31NO5. The van der Waals surface area contributed by atoms with Gasteiger partial charge in [0.15, 0.2) is 0 Å². The molecule has 2 heterocycles. The Hall–Kier alpha value is -3.80. The summed E-state index contributed by atoms with van der Waals surface area (Å²) in [5.41, 5.74) is 3.37. The Morgan fingerprint density at radius 3 is 2.43 bits per heavy atom. The zero-order valence-electron chi connectivity index (χ0n) is 20.6. The van der Waals surface area contributed by atoms with Crippen LogP contribution in [0.2, 0.25) is 0 Å². The van der Waals surface area contributed by atoms with Crippen molar-refractivity contribution in [3.63, 3.8) is 0 Å². The van der Waals surface area contributed by atoms with Crippen LogP contribution >= 0.6 is 0 Å². The van der Waals surface area contributed by atoms with E-state index in [2.05, 4.69) is 6.92 Å². The Balaban J connectivity index is 1.86. The molecule has 3 aromatic rings. The van der Waals surface area contributed by atoms with Crippen LogP contribution < -0.4 is 4.74 Å². The van der Waals surface area contributed by atoms with Crippen molar-refractivity contribution in [3.05, 3.63) is 94.4 Å². The second-order valence-electron chi connectivity index (χ2n) is 8.94. The van der Waals surface area contributed by atoms with E-state index in [4.69, 9.17) is 9.15 Å². The van der Waals surface area contributed by atoms with Gasteiger partial charge in [-0.25, -0.2) is 0 Å². The molecule has 1 atom stereocenters. The second kappa shape index (κ2) is 10.2. The number of benzene rings is 2. The summed E-state index contributed by atoms with van der Waals surface area (Å²) in [4.78, 5) is 27.9. The number of amides is 1. The number of aliphatic hydroxyl groups is 1. The van der Waals surface area contributed by atoms with Gasteiger partial charge in [0.25, 0.3) is 11.7 Å². The van der Waals surface area contributed by atoms with E-state index < -0.39 is 17.7 Å². The Kier molecular flexibility index (Phi) is 7.10. The Morgan fingerprint density at radius 2 is 1.83 bits per heavy atom. The number of carbonyl (C=O) groups is 2. The molecule has 1 saturated heterocycles. The SMILES string of the molecule is CCOc1ccc(/C(O)=C2/C(=O)C(=O)N(Cc3ccco3)C2c2ccc(CC)cc2)cc1C(C)C. The van der Waals surface area contributed by atoms with Gasteiger partial charge >= 0.3 is 0 Å². The maximum atomic E-state index is 13.3. The van der Waals surface area contributed by atoms with E-state index in [1.807, 2.05) is 51.1 Å². The number of aryl methyl sites for hydroxylation is 1. The Morgan fingerprint density at radius 1 is 1.09 bits per heavy atom. The third-order valence-corrected chi connectivity index (χ3v) is 6.36. The van der Waals surface area contributed by atoms with Crippen molar-refractivity contribution < 1.29 is 23.8 Å². The molecule has 1 amide bonds. The summed E-state index contributed by atoms with van der Waals surface area (Å²) in [5.74, 6) is -0.127. The first-order valence-corrected chi connectivity index (χ1v) is 12.0. The zero-order chi connectivity index (χ0) is 25.1. The molecule has 1 N–H and O–H groups in total. The average molecular weight is 474 g/mol. The van der Waals surface area contributed by atoms with E-state index in [0.29, 0.717) is 17.9 Å². The molecule has 6 nitrogen and oxygen atoms in total. The minimum absolute atomic E-state index is 0.0738. The van der Waals surface area contributed by atoms with Crippen molar-refractivity contribution in [3.8, 4) is 5.75 Å². The topological polar surface area (TPSA) is 80.0 Å². The highest BCUT2D eigenvalue weighted by Gasteiger charge is 2.46. The fourth-order valence-corrected chi connectivity index (χ4v) is 4.49. The van der Waals surface area contributed by atoms with Gasteiger partial charge in [-0.1, -0.05) is 45.0 Å². The summed E-state index contributed by atoms with van der Waals surface area (Å²) in [6, 6.07) is 15.9. The van der Waals surface area contributed by atoms with E-state index in [1.165, 1.54) is 11.2 Å². The van der Waals surface area contributed by atoms with Crippen LogP contribution in [-0.4, -0.2) is 28.3 Å². The van der Waals surface area contributed by atoms with E-state index in [9.17, 15) is 14.7 Å². The summed E-state index contributed by atoms with van der Waals surface area (Å²) in [5, 5.41) is 11.4. The number of furan rings is 1. The molecule has 1 aliphatic heterocycles. The number of likely N-dealkylation sites (tertiary alicyclic amines) is 1. The van der Waals surface area contributed by atoms with Gasteiger partial charge in [0.1, 0.15) is 17.3 Å². The average Bonchev–Trinajstić information content (AvgIpc) is 3.46. The first-order chi connectivity index (χ1) is 16.8. The molecule has 6 heteroatoms. The zero-order valence-corrected chi connectivity index (χ0v) is 20.6. The molecule has 0 bridgehead atoms. The van der Waals surface area contributed by atoms with Crippen molar-refractivity contribution in [1.82, 2.24) is 4.90 Å². The minimum Gasteiger partial charge on any atom is -0.507 e. The van der Waals surface area contributed by atoms with Gasteiger partial charge in [0, 0.05) is 5.56 Å². The fraction of sp³-hybridized carbons (Fsp3) is 0.310. The minimum atomic E-state index is -0.736. The molecule has 0 saturated carbocycles. The molecule has 1 unspecified atom stereocenters. The van der Waals surface area contributed by atoms with Crippen molar-refractivity contribution in [2.45, 2.75) is 52.6 Å². The van der Waals surface area contributed by atoms with Crippen LogP contribution in [0.15, 0.2) is 70.9 Å². The molecule has 1 aliphatic rings. The summed E-state index contributed by atoms with van der Waals surface area (Å²) in [6.45, 7) is 8.71. The van der Waals surface area contributed by atoms with Gasteiger partial charge in [-0.15, -0.1) is 0 Å². The quantitative estimate of drug-likeness (QED) is 0.247. The molecular weight excluding hydrogens is 442 g/mol. The van der Waals surface area contributed by atoms with Gasteiger partial charge in [-0.2, -0.15) is 0 Å². The summed E-state index contributed by atoms with van der Waals surface area (Å²) in [6.07, 6.45) is 2.40. The van der Waals surface area contributed by atoms with E-state index in [1.54, 1.807) is 24.3 Å². The number of rotatable bonds is 8. The van der Waals surface area contributed by atoms with Gasteiger partial charge in [-0.05, 0) is 66.3 Å². The lowest BCUT2D eigenvalue weighted by molar-refractivity contribution is -0.140. The van der Waals surface area contributed by atoms with Crippen LogP contribution in [0.5, 0.6) is 5.75 Å². The summed E-state index contributed by atoms with van der Waals surface area (Å²) >= 11 is 0. The number of Topliss-reactive ketones (excluding diaryl/α,β-unsaturated/α-hetero) is 1. The first-order valence-electron chi connectivity index (χ1n) is 12.0. The molecule has 1 aromatic heterocycles. The molecule has 4 rings (SSSR count). The highest BCUT2D eigenvalue weighted by molar-refractivity contribution is 6.46. The standard InChI is InChI=1S/C29H31NO5/c1-5-19-9-11-20(12-10-19)26-25(28(32)29(33)30(26)17-22-8-7-15-35-22)27(31)21-13-14-24(34-6-2)23(16-21)18(3)4/h7-16,18,26,31H,5-6,17H2,1-4H3/b27-25-. The third-order valence-electron chi connectivity index (χ3n) is 6.36. The lowest BCUT2D eigenvalue weighted by Crippen LogP contribution is -2.29. The molecule has 35 heavy (non-hydrogen) atoms. The predicted octanol–water partition coefficient (Wildman–Crippen LogP) is 5.99. The number of hydrogen-bond donors (Lipinski definition) is 1. The van der Waals surface area contributed by atoms with Crippen LogP contribution in [0.1, 0.15) is 67.7 Å². The number of nitrogens with zero attached hydrogens (tertiary/aromatic N) is 1. The lowest BCUT2D eigenvalue weighted by atomic mass is 9.92. The van der Waals surface area contributed by atoms with Crippen LogP contribution in [-0.2, 0) is 22.6 Å². The molecule has 1 fully saturated rings. The smallest absolute Gasteiger partial charge is 0.296 e. The van der Waals surface area contributed by atoms with Crippen molar-refractivity contribution in [2.75, 3.05) is 6.61 Å². The molecule has 0 spiro atoms. The first kappa shape index (κ1) is 24.3. The number of ketones is 1. The van der Waals surface area contributed by atoms with Gasteiger partial charge < -0.3 is 19.2 Å². The summed E-state index contributed by atoms with van der Waals surface area (Å²) in [7, 11) is 0. The van der Waals surface area contributed by atoms with Gasteiger partial charge in [0.2, 0.25) is 0 Å². The number of aliphatic hydroxyl groups excluding tert-OH is 1. The lowest BCUT2D eigenvalue weighted by Gasteiger charge is -2.25. The van der Waals surface area contributed by atoms with E-state index >= 15 is 0 Å². The normalized spacial score (nSPS) is 17.4. The van der Waals surface area contributed by atoms with E-state index in [0.717, 1.165) is 28.9 Å². The highest BCUT2D eigenvalue weighted by atomic mass is 16.5. The van der Waals surface area contributed by atoms with Crippen molar-refractivity contribution in [2.24, 2.45) is 0 Å². The van der Waals surface area contributed by atoms with Crippen molar-refractivity contribution in [1.29, 1.82) is 0 Å². The Bertz CT molecular complexity index is 1240. The van der Waals surface area contributed by atoms with Crippen LogP contribution in [0.25, 0.3) is 5.76 Å². The van der Waals surface area contributed by atoms with Crippen LogP contribution in [0.3, 0.4) is 0 Å². The van der Waals surface area contributed by atoms with Crippen LogP contribution in [0, 0.1) is 0 Å². The molecule has 0 aliphatic carbocycles. The van der Waals surface area contributed by atoms with Gasteiger partial charge in [-0.3, -0.25) is 9.59 Å². The second-order valence-corrected chi connectivity index (χ2v) is 8.94. The van der Waals surface area contributed by atoms with E-state index in [-0.39, 0.29) is 23.8 Å². The van der Waals surface area contributed by atoms with Crippen LogP contribution in [0.4, 0.5) is 0 Å². The molecule has 2 aromatic carbocycles. The third kappa shape index (κ3) is 4.74. The monoisotopic (exact) mass is 473 g/mol. The predicted molar refractivity (Wildman–Crippen MR) is 134 cm³/mol. The largest absolute Gasteiger partial charge is 0.507 e. The number of hydrogen-bond acceptors (Lipinski definition) is 5. The maximum Gasteiger partial charge on any atom is 0.296 e. The highest BCUT2D eigenvalue weighted by Crippen LogP contribution is 2.41. The number of ether oxygens (including phenoxy) is 1. The van der Waals surface area contributed by atoms with Crippen molar-refractivity contribution >= 4 is 17.4 Å². The fourth-order valence-electron chi connectivity index (χ4n) is 4.49. The molecule has 182 valence electrons. The number of carbonyl (C=O) groups excluding carboxylic acids is 2. The Labute approximate surface area is 205 Å². The summed E-state index contributed by atoms with van der Waals surface area (Å²) < 4.78 is 11.2. The maximum absolute atomic E-state index is 13.3.